The molecular formula is C16H32N2O. The van der Waals surface area contributed by atoms with Crippen molar-refractivity contribution in [3.05, 3.63) is 0 Å². The van der Waals surface area contributed by atoms with Crippen LogP contribution in [0.5, 0.6) is 0 Å². The molecule has 1 rings (SSSR count). The van der Waals surface area contributed by atoms with Crippen LogP contribution in [-0.4, -0.2) is 29.1 Å². The molecule has 0 radical (unpaired) electrons. The molecule has 0 saturated carbocycles. The van der Waals surface area contributed by atoms with Crippen LogP contribution in [-0.2, 0) is 4.79 Å². The minimum Gasteiger partial charge on any atom is -0.323 e. The van der Waals surface area contributed by atoms with Gasteiger partial charge in [0.25, 0.3) is 0 Å². The van der Waals surface area contributed by atoms with E-state index in [-0.39, 0.29) is 23.7 Å². The van der Waals surface area contributed by atoms with E-state index in [9.17, 15) is 4.79 Å². The highest BCUT2D eigenvalue weighted by atomic mass is 16.2. The second kappa shape index (κ2) is 6.25. The Bertz CT molecular complexity index is 306. The number of carbonyl (C=O) groups is 1. The maximum Gasteiger partial charge on any atom is 0.241 e. The van der Waals surface area contributed by atoms with Crippen molar-refractivity contribution in [2.45, 2.75) is 86.0 Å². The quantitative estimate of drug-likeness (QED) is 0.829. The summed E-state index contributed by atoms with van der Waals surface area (Å²) in [5.41, 5.74) is 0.119. The van der Waals surface area contributed by atoms with Gasteiger partial charge in [0.2, 0.25) is 5.91 Å². The lowest BCUT2D eigenvalue weighted by atomic mass is 9.86. The standard InChI is InChI=1S/C16H32N2O/c1-8-9-13-15(19)18(12(4)16(5,6)7)14(17-13)10-11(2)3/h11-14,17H,8-10H2,1-7H3. The van der Waals surface area contributed by atoms with Crippen molar-refractivity contribution in [1.29, 1.82) is 0 Å². The molecule has 1 heterocycles. The third-order valence-electron chi connectivity index (χ3n) is 4.22. The molecule has 0 aromatic carbocycles. The normalized spacial score (nSPS) is 26.3. The first-order valence-corrected chi connectivity index (χ1v) is 7.76. The van der Waals surface area contributed by atoms with E-state index in [1.165, 1.54) is 0 Å². The lowest BCUT2D eigenvalue weighted by molar-refractivity contribution is -0.134. The molecule has 1 fully saturated rings. The van der Waals surface area contributed by atoms with E-state index in [1.807, 2.05) is 0 Å². The molecule has 3 nitrogen and oxygen atoms in total. The summed E-state index contributed by atoms with van der Waals surface area (Å²) in [4.78, 5) is 14.8. The molecule has 112 valence electrons. The zero-order valence-corrected chi connectivity index (χ0v) is 13.8. The number of carbonyl (C=O) groups excluding carboxylic acids is 1. The fourth-order valence-corrected chi connectivity index (χ4v) is 2.72. The summed E-state index contributed by atoms with van der Waals surface area (Å²) in [6.45, 7) is 15.4. The van der Waals surface area contributed by atoms with E-state index < -0.39 is 0 Å². The highest BCUT2D eigenvalue weighted by molar-refractivity contribution is 5.84. The summed E-state index contributed by atoms with van der Waals surface area (Å²) in [7, 11) is 0. The molecule has 0 aliphatic carbocycles. The molecule has 1 aliphatic heterocycles. The van der Waals surface area contributed by atoms with Gasteiger partial charge in [-0.25, -0.2) is 0 Å². The minimum absolute atomic E-state index is 0.0264. The Morgan fingerprint density at radius 1 is 1.26 bits per heavy atom. The predicted molar refractivity (Wildman–Crippen MR) is 80.8 cm³/mol. The first kappa shape index (κ1) is 16.5. The molecule has 0 aromatic rings. The average molecular weight is 268 g/mol. The zero-order valence-electron chi connectivity index (χ0n) is 13.8. The van der Waals surface area contributed by atoms with Gasteiger partial charge in [-0.2, -0.15) is 0 Å². The van der Waals surface area contributed by atoms with Gasteiger partial charge in [-0.3, -0.25) is 10.1 Å². The molecule has 1 aliphatic rings. The van der Waals surface area contributed by atoms with Crippen LogP contribution in [0.2, 0.25) is 0 Å². The Labute approximate surface area is 119 Å². The highest BCUT2D eigenvalue weighted by Gasteiger charge is 2.43. The third-order valence-corrected chi connectivity index (χ3v) is 4.22. The molecule has 3 atom stereocenters. The van der Waals surface area contributed by atoms with E-state index in [0.717, 1.165) is 19.3 Å². The van der Waals surface area contributed by atoms with Gasteiger partial charge in [0.15, 0.2) is 0 Å². The Morgan fingerprint density at radius 2 is 1.84 bits per heavy atom. The van der Waals surface area contributed by atoms with Crippen molar-refractivity contribution in [3.8, 4) is 0 Å². The van der Waals surface area contributed by atoms with Crippen molar-refractivity contribution in [1.82, 2.24) is 10.2 Å². The van der Waals surface area contributed by atoms with Crippen molar-refractivity contribution in [2.24, 2.45) is 11.3 Å². The first-order chi connectivity index (χ1) is 8.68. The van der Waals surface area contributed by atoms with E-state index >= 15 is 0 Å². The van der Waals surface area contributed by atoms with Crippen LogP contribution in [0.15, 0.2) is 0 Å². The SMILES string of the molecule is CCCC1NC(CC(C)C)N(C(C)C(C)(C)C)C1=O. The second-order valence-electron chi connectivity index (χ2n) is 7.44. The number of nitrogens with one attached hydrogen (secondary N) is 1. The number of hydrogen-bond acceptors (Lipinski definition) is 2. The Kier molecular flexibility index (Phi) is 5.43. The van der Waals surface area contributed by atoms with Crippen molar-refractivity contribution in [3.63, 3.8) is 0 Å². The summed E-state index contributed by atoms with van der Waals surface area (Å²) in [5.74, 6) is 0.898. The summed E-state index contributed by atoms with van der Waals surface area (Å²) >= 11 is 0. The van der Waals surface area contributed by atoms with E-state index in [1.54, 1.807) is 0 Å². The highest BCUT2D eigenvalue weighted by Crippen LogP contribution is 2.30. The topological polar surface area (TPSA) is 32.3 Å². The number of nitrogens with zero attached hydrogens (tertiary/aromatic N) is 1. The van der Waals surface area contributed by atoms with Crippen molar-refractivity contribution >= 4 is 5.91 Å². The lowest BCUT2D eigenvalue weighted by Gasteiger charge is -2.39. The number of rotatable bonds is 5. The molecule has 1 saturated heterocycles. The van der Waals surface area contributed by atoms with Crippen LogP contribution >= 0.6 is 0 Å². The summed E-state index contributed by atoms with van der Waals surface area (Å²) in [6.07, 6.45) is 3.24. The minimum atomic E-state index is 0.0264. The smallest absolute Gasteiger partial charge is 0.241 e. The fraction of sp³-hybridized carbons (Fsp3) is 0.938. The molecular weight excluding hydrogens is 236 g/mol. The molecule has 0 bridgehead atoms. The molecule has 1 amide bonds. The molecule has 0 aromatic heterocycles. The van der Waals surface area contributed by atoms with Crippen LogP contribution in [0.3, 0.4) is 0 Å². The van der Waals surface area contributed by atoms with Crippen LogP contribution in [0.25, 0.3) is 0 Å². The first-order valence-electron chi connectivity index (χ1n) is 7.76. The maximum absolute atomic E-state index is 12.6. The lowest BCUT2D eigenvalue weighted by Crippen LogP contribution is -2.49. The summed E-state index contributed by atoms with van der Waals surface area (Å²) in [5, 5.41) is 3.55. The monoisotopic (exact) mass is 268 g/mol. The molecule has 1 N–H and O–H groups in total. The van der Waals surface area contributed by atoms with Gasteiger partial charge in [-0.05, 0) is 31.1 Å². The average Bonchev–Trinajstić information content (AvgIpc) is 2.53. The van der Waals surface area contributed by atoms with Crippen LogP contribution < -0.4 is 5.32 Å². The van der Waals surface area contributed by atoms with Gasteiger partial charge >= 0.3 is 0 Å². The Balaban J connectivity index is 2.91. The zero-order chi connectivity index (χ0) is 14.8. The number of hydrogen-bond donors (Lipinski definition) is 1. The summed E-state index contributed by atoms with van der Waals surface area (Å²) < 4.78 is 0. The van der Waals surface area contributed by atoms with E-state index in [4.69, 9.17) is 0 Å². The summed E-state index contributed by atoms with van der Waals surface area (Å²) in [6, 6.07) is 0.289. The second-order valence-corrected chi connectivity index (χ2v) is 7.44. The predicted octanol–water partition coefficient (Wildman–Crippen LogP) is 3.39. The van der Waals surface area contributed by atoms with Gasteiger partial charge < -0.3 is 4.90 Å². The molecule has 19 heavy (non-hydrogen) atoms. The Hall–Kier alpha value is -0.570. The largest absolute Gasteiger partial charge is 0.323 e. The van der Waals surface area contributed by atoms with Crippen molar-refractivity contribution < 1.29 is 4.79 Å². The molecule has 3 unspecified atom stereocenters. The third kappa shape index (κ3) is 3.95. The van der Waals surface area contributed by atoms with Crippen LogP contribution in [0.4, 0.5) is 0 Å². The number of amides is 1. The van der Waals surface area contributed by atoms with E-state index in [0.29, 0.717) is 11.8 Å². The van der Waals surface area contributed by atoms with Crippen molar-refractivity contribution in [2.75, 3.05) is 0 Å². The van der Waals surface area contributed by atoms with Gasteiger partial charge in [-0.15, -0.1) is 0 Å². The van der Waals surface area contributed by atoms with Gasteiger partial charge in [0.1, 0.15) is 0 Å². The molecule has 3 heteroatoms. The molecule has 0 spiro atoms. The Morgan fingerprint density at radius 3 is 2.26 bits per heavy atom. The van der Waals surface area contributed by atoms with Gasteiger partial charge in [0.05, 0.1) is 12.2 Å². The van der Waals surface area contributed by atoms with Crippen LogP contribution in [0, 0.1) is 11.3 Å². The van der Waals surface area contributed by atoms with Gasteiger partial charge in [-0.1, -0.05) is 48.0 Å². The maximum atomic E-state index is 12.6. The van der Waals surface area contributed by atoms with Crippen LogP contribution in [0.1, 0.15) is 67.7 Å². The van der Waals surface area contributed by atoms with Gasteiger partial charge in [0, 0.05) is 6.04 Å². The fourth-order valence-electron chi connectivity index (χ4n) is 2.72. The van der Waals surface area contributed by atoms with E-state index in [2.05, 4.69) is 58.7 Å².